The van der Waals surface area contributed by atoms with Gasteiger partial charge >= 0.3 is 0 Å². The second kappa shape index (κ2) is 5.87. The smallest absolute Gasteiger partial charge is 0.0850 e. The van der Waals surface area contributed by atoms with E-state index in [9.17, 15) is 0 Å². The lowest BCUT2D eigenvalue weighted by Gasteiger charge is -2.11. The molecule has 0 spiro atoms. The third-order valence-corrected chi connectivity index (χ3v) is 4.34. The molecule has 0 aromatic carbocycles. The molecule has 18 heavy (non-hydrogen) atoms. The predicted molar refractivity (Wildman–Crippen MR) is 77.3 cm³/mol. The van der Waals surface area contributed by atoms with Crippen molar-refractivity contribution in [1.29, 1.82) is 0 Å². The molecule has 0 amide bonds. The maximum absolute atomic E-state index is 6.32. The van der Waals surface area contributed by atoms with E-state index in [4.69, 9.17) is 17.3 Å². The summed E-state index contributed by atoms with van der Waals surface area (Å²) in [6, 6.07) is 4.26. The molecule has 0 radical (unpaired) electrons. The van der Waals surface area contributed by atoms with Gasteiger partial charge in [-0.3, -0.25) is 4.68 Å². The minimum absolute atomic E-state index is 0.0845. The van der Waals surface area contributed by atoms with Crippen LogP contribution >= 0.6 is 22.9 Å². The van der Waals surface area contributed by atoms with E-state index >= 15 is 0 Å². The second-order valence-electron chi connectivity index (χ2n) is 4.43. The highest BCUT2D eigenvalue weighted by atomic mass is 35.5. The molecule has 0 aliphatic rings. The largest absolute Gasteiger partial charge is 0.327 e. The van der Waals surface area contributed by atoms with Crippen molar-refractivity contribution in [3.8, 4) is 0 Å². The molecule has 0 saturated heterocycles. The third-order valence-electron chi connectivity index (χ3n) is 3.00. The Morgan fingerprint density at radius 3 is 2.83 bits per heavy atom. The lowest BCUT2D eigenvalue weighted by atomic mass is 10.1. The molecule has 0 aliphatic heterocycles. The summed E-state index contributed by atoms with van der Waals surface area (Å²) in [6.07, 6.45) is 2.51. The Balaban J connectivity index is 2.07. The number of halogens is 1. The summed E-state index contributed by atoms with van der Waals surface area (Å²) in [5.74, 6) is 0. The molecule has 1 atom stereocenters. The lowest BCUT2D eigenvalue weighted by molar-refractivity contribution is 0.615. The van der Waals surface area contributed by atoms with Gasteiger partial charge in [0.05, 0.1) is 16.4 Å². The molecule has 98 valence electrons. The van der Waals surface area contributed by atoms with Crippen molar-refractivity contribution in [1.82, 2.24) is 9.78 Å². The van der Waals surface area contributed by atoms with E-state index in [1.807, 2.05) is 11.7 Å². The van der Waals surface area contributed by atoms with E-state index in [1.165, 1.54) is 4.88 Å². The van der Waals surface area contributed by atoms with Gasteiger partial charge in [-0.05, 0) is 24.3 Å². The molecule has 0 aliphatic carbocycles. The predicted octanol–water partition coefficient (Wildman–Crippen LogP) is 2.81. The van der Waals surface area contributed by atoms with Crippen LogP contribution in [0.25, 0.3) is 0 Å². The number of hydrogen-bond donors (Lipinski definition) is 1. The van der Waals surface area contributed by atoms with Gasteiger partial charge in [-0.15, -0.1) is 11.3 Å². The summed E-state index contributed by atoms with van der Waals surface area (Å²) in [7, 11) is 1.93. The quantitative estimate of drug-likeness (QED) is 0.917. The zero-order valence-corrected chi connectivity index (χ0v) is 12.3. The van der Waals surface area contributed by atoms with Crippen molar-refractivity contribution in [3.63, 3.8) is 0 Å². The first-order valence-electron chi connectivity index (χ1n) is 6.10. The van der Waals surface area contributed by atoms with Gasteiger partial charge in [0.15, 0.2) is 0 Å². The van der Waals surface area contributed by atoms with Crippen LogP contribution in [-0.2, 0) is 26.3 Å². The molecule has 2 rings (SSSR count). The lowest BCUT2D eigenvalue weighted by Crippen LogP contribution is -2.26. The summed E-state index contributed by atoms with van der Waals surface area (Å²) in [6.45, 7) is 2.06. The molecular weight excluding hydrogens is 266 g/mol. The fourth-order valence-electron chi connectivity index (χ4n) is 2.05. The van der Waals surface area contributed by atoms with Crippen molar-refractivity contribution in [2.45, 2.75) is 32.2 Å². The SMILES string of the molecule is CCc1nn(C)c(CC(N)Cc2cccs2)c1Cl. The number of aromatic nitrogens is 2. The van der Waals surface area contributed by atoms with Gasteiger partial charge in [-0.2, -0.15) is 5.10 Å². The highest BCUT2D eigenvalue weighted by Crippen LogP contribution is 2.22. The molecule has 2 heterocycles. The molecular formula is C13H18ClN3S. The first-order chi connectivity index (χ1) is 8.61. The molecule has 0 fully saturated rings. The Morgan fingerprint density at radius 2 is 2.28 bits per heavy atom. The maximum Gasteiger partial charge on any atom is 0.0850 e. The first kappa shape index (κ1) is 13.6. The van der Waals surface area contributed by atoms with Crippen LogP contribution < -0.4 is 5.73 Å². The van der Waals surface area contributed by atoms with Crippen LogP contribution in [0.1, 0.15) is 23.2 Å². The van der Waals surface area contributed by atoms with Gasteiger partial charge in [-0.25, -0.2) is 0 Å². The highest BCUT2D eigenvalue weighted by Gasteiger charge is 2.16. The third kappa shape index (κ3) is 2.94. The zero-order valence-electron chi connectivity index (χ0n) is 10.7. The molecule has 1 unspecified atom stereocenters. The number of nitrogens with zero attached hydrogens (tertiary/aromatic N) is 2. The Labute approximate surface area is 117 Å². The fraction of sp³-hybridized carbons (Fsp3) is 0.462. The van der Waals surface area contributed by atoms with Crippen LogP contribution in [0.3, 0.4) is 0 Å². The van der Waals surface area contributed by atoms with Crippen LogP contribution in [0, 0.1) is 0 Å². The van der Waals surface area contributed by atoms with E-state index in [-0.39, 0.29) is 6.04 Å². The van der Waals surface area contributed by atoms with E-state index in [2.05, 4.69) is 29.5 Å². The van der Waals surface area contributed by atoms with Gasteiger partial charge in [0.25, 0.3) is 0 Å². The molecule has 2 N–H and O–H groups in total. The number of nitrogens with two attached hydrogens (primary N) is 1. The van der Waals surface area contributed by atoms with Crippen molar-refractivity contribution in [3.05, 3.63) is 38.8 Å². The van der Waals surface area contributed by atoms with Gasteiger partial charge in [0.2, 0.25) is 0 Å². The summed E-state index contributed by atoms with van der Waals surface area (Å²) >= 11 is 8.06. The topological polar surface area (TPSA) is 43.8 Å². The average Bonchev–Trinajstić information content (AvgIpc) is 2.92. The van der Waals surface area contributed by atoms with Crippen LogP contribution in [0.2, 0.25) is 5.02 Å². The number of thiophene rings is 1. The van der Waals surface area contributed by atoms with Crippen molar-refractivity contribution < 1.29 is 0 Å². The van der Waals surface area contributed by atoms with Crippen LogP contribution in [0.5, 0.6) is 0 Å². The molecule has 0 saturated carbocycles. The van der Waals surface area contributed by atoms with E-state index in [1.54, 1.807) is 11.3 Å². The van der Waals surface area contributed by atoms with E-state index in [0.717, 1.165) is 35.7 Å². The Morgan fingerprint density at radius 1 is 1.50 bits per heavy atom. The normalized spacial score (nSPS) is 12.9. The van der Waals surface area contributed by atoms with Crippen LogP contribution in [-0.4, -0.2) is 15.8 Å². The number of hydrogen-bond acceptors (Lipinski definition) is 3. The van der Waals surface area contributed by atoms with E-state index in [0.29, 0.717) is 0 Å². The molecule has 0 bridgehead atoms. The van der Waals surface area contributed by atoms with Crippen molar-refractivity contribution in [2.75, 3.05) is 0 Å². The minimum atomic E-state index is 0.0845. The summed E-state index contributed by atoms with van der Waals surface area (Å²) in [4.78, 5) is 1.32. The maximum atomic E-state index is 6.32. The van der Waals surface area contributed by atoms with Crippen LogP contribution in [0.15, 0.2) is 17.5 Å². The number of aryl methyl sites for hydroxylation is 2. The monoisotopic (exact) mass is 283 g/mol. The Kier molecular flexibility index (Phi) is 4.43. The minimum Gasteiger partial charge on any atom is -0.327 e. The van der Waals surface area contributed by atoms with E-state index < -0.39 is 0 Å². The average molecular weight is 284 g/mol. The summed E-state index contributed by atoms with van der Waals surface area (Å²) < 4.78 is 1.86. The molecule has 2 aromatic rings. The summed E-state index contributed by atoms with van der Waals surface area (Å²) in [5.41, 5.74) is 8.19. The molecule has 5 heteroatoms. The van der Waals surface area contributed by atoms with Gasteiger partial charge in [-0.1, -0.05) is 24.6 Å². The standard InChI is InChI=1S/C13H18ClN3S/c1-3-11-13(14)12(17(2)16-11)8-9(15)7-10-5-4-6-18-10/h4-6,9H,3,7-8,15H2,1-2H3. The molecule has 3 nitrogen and oxygen atoms in total. The Bertz CT molecular complexity index is 505. The van der Waals surface area contributed by atoms with Gasteiger partial charge < -0.3 is 5.73 Å². The second-order valence-corrected chi connectivity index (χ2v) is 5.84. The zero-order chi connectivity index (χ0) is 13.1. The highest BCUT2D eigenvalue weighted by molar-refractivity contribution is 7.09. The fourth-order valence-corrected chi connectivity index (χ4v) is 3.22. The summed E-state index contributed by atoms with van der Waals surface area (Å²) in [5, 5.41) is 7.27. The first-order valence-corrected chi connectivity index (χ1v) is 7.35. The van der Waals surface area contributed by atoms with Crippen LogP contribution in [0.4, 0.5) is 0 Å². The van der Waals surface area contributed by atoms with Crippen molar-refractivity contribution in [2.24, 2.45) is 12.8 Å². The number of rotatable bonds is 5. The Hall–Kier alpha value is -0.840. The van der Waals surface area contributed by atoms with Gasteiger partial charge in [0.1, 0.15) is 0 Å². The van der Waals surface area contributed by atoms with Crippen molar-refractivity contribution >= 4 is 22.9 Å². The molecule has 2 aromatic heterocycles. The van der Waals surface area contributed by atoms with Gasteiger partial charge in [0, 0.05) is 24.4 Å².